The molecule has 3 nitrogen and oxygen atoms in total. The monoisotopic (exact) mass is 157 g/mol. The van der Waals surface area contributed by atoms with Gasteiger partial charge in [0.2, 0.25) is 6.41 Å². The lowest BCUT2D eigenvalue weighted by molar-refractivity contribution is -0.109. The van der Waals surface area contributed by atoms with Gasteiger partial charge in [0.05, 0.1) is 6.10 Å². The molecule has 1 amide bonds. The number of carbonyl (C=O) groups is 1. The van der Waals surface area contributed by atoms with Crippen molar-refractivity contribution in [3.63, 3.8) is 0 Å². The van der Waals surface area contributed by atoms with Crippen molar-refractivity contribution < 1.29 is 9.90 Å². The SMILES string of the molecule is C/C(CNC=O)=C(/C)C(C)O. The molecule has 0 spiro atoms. The van der Waals surface area contributed by atoms with Crippen LogP contribution in [0.5, 0.6) is 0 Å². The van der Waals surface area contributed by atoms with Gasteiger partial charge >= 0.3 is 0 Å². The van der Waals surface area contributed by atoms with Crippen molar-refractivity contribution in [1.29, 1.82) is 0 Å². The van der Waals surface area contributed by atoms with Crippen LogP contribution in [0.4, 0.5) is 0 Å². The first-order chi connectivity index (χ1) is 5.09. The summed E-state index contributed by atoms with van der Waals surface area (Å²) in [5.74, 6) is 0. The van der Waals surface area contributed by atoms with Gasteiger partial charge in [-0.2, -0.15) is 0 Å². The van der Waals surface area contributed by atoms with Crippen LogP contribution in [0.2, 0.25) is 0 Å². The first-order valence-corrected chi connectivity index (χ1v) is 3.61. The van der Waals surface area contributed by atoms with Gasteiger partial charge in [0.25, 0.3) is 0 Å². The molecule has 0 aromatic heterocycles. The third kappa shape index (κ3) is 3.78. The number of aliphatic hydroxyl groups excluding tert-OH is 1. The Kier molecular flexibility index (Phi) is 4.54. The summed E-state index contributed by atoms with van der Waals surface area (Å²) in [6.45, 7) is 5.96. The highest BCUT2D eigenvalue weighted by atomic mass is 16.3. The fourth-order valence-electron chi connectivity index (χ4n) is 0.691. The Morgan fingerprint density at radius 3 is 2.55 bits per heavy atom. The van der Waals surface area contributed by atoms with Crippen molar-refractivity contribution in [3.8, 4) is 0 Å². The molecule has 0 saturated carbocycles. The van der Waals surface area contributed by atoms with Crippen molar-refractivity contribution in [3.05, 3.63) is 11.1 Å². The number of aliphatic hydroxyl groups is 1. The van der Waals surface area contributed by atoms with Crippen LogP contribution in [0.3, 0.4) is 0 Å². The van der Waals surface area contributed by atoms with Gasteiger partial charge < -0.3 is 10.4 Å². The highest BCUT2D eigenvalue weighted by Crippen LogP contribution is 2.06. The average Bonchev–Trinajstić information content (AvgIpc) is 1.98. The molecule has 0 heterocycles. The summed E-state index contributed by atoms with van der Waals surface area (Å²) in [5.41, 5.74) is 1.92. The topological polar surface area (TPSA) is 49.3 Å². The predicted octanol–water partition coefficient (Wildman–Crippen LogP) is 0.450. The van der Waals surface area contributed by atoms with E-state index in [-0.39, 0.29) is 0 Å². The molecule has 3 heteroatoms. The van der Waals surface area contributed by atoms with Crippen LogP contribution in [0.1, 0.15) is 20.8 Å². The Morgan fingerprint density at radius 1 is 1.64 bits per heavy atom. The van der Waals surface area contributed by atoms with Gasteiger partial charge in [0, 0.05) is 6.54 Å². The Labute approximate surface area is 67.1 Å². The molecule has 0 rings (SSSR count). The second kappa shape index (κ2) is 4.91. The second-order valence-corrected chi connectivity index (χ2v) is 2.64. The molecule has 64 valence electrons. The molecule has 0 radical (unpaired) electrons. The van der Waals surface area contributed by atoms with Crippen LogP contribution in [-0.2, 0) is 4.79 Å². The Balaban J connectivity index is 4.04. The normalized spacial score (nSPS) is 15.3. The molecule has 0 aromatic carbocycles. The van der Waals surface area contributed by atoms with Crippen molar-refractivity contribution in [2.45, 2.75) is 26.9 Å². The van der Waals surface area contributed by atoms with Gasteiger partial charge in [0.15, 0.2) is 0 Å². The maximum absolute atomic E-state index is 9.91. The third-order valence-corrected chi connectivity index (χ3v) is 1.75. The smallest absolute Gasteiger partial charge is 0.207 e. The summed E-state index contributed by atoms with van der Waals surface area (Å²) >= 11 is 0. The van der Waals surface area contributed by atoms with Crippen molar-refractivity contribution in [1.82, 2.24) is 5.32 Å². The molecule has 0 aliphatic rings. The van der Waals surface area contributed by atoms with Gasteiger partial charge in [-0.05, 0) is 26.3 Å². The Hall–Kier alpha value is -0.830. The largest absolute Gasteiger partial charge is 0.389 e. The molecule has 1 unspecified atom stereocenters. The van der Waals surface area contributed by atoms with Crippen LogP contribution in [0, 0.1) is 0 Å². The van der Waals surface area contributed by atoms with Crippen molar-refractivity contribution in [2.75, 3.05) is 6.54 Å². The van der Waals surface area contributed by atoms with Crippen LogP contribution in [-0.4, -0.2) is 24.2 Å². The minimum Gasteiger partial charge on any atom is -0.389 e. The van der Waals surface area contributed by atoms with E-state index in [9.17, 15) is 4.79 Å². The molecule has 2 N–H and O–H groups in total. The van der Waals surface area contributed by atoms with Gasteiger partial charge in [-0.15, -0.1) is 0 Å². The fraction of sp³-hybridized carbons (Fsp3) is 0.625. The van der Waals surface area contributed by atoms with E-state index in [4.69, 9.17) is 5.11 Å². The van der Waals surface area contributed by atoms with Gasteiger partial charge in [-0.3, -0.25) is 4.79 Å². The molecular weight excluding hydrogens is 142 g/mol. The molecule has 0 saturated heterocycles. The highest BCUT2D eigenvalue weighted by molar-refractivity contribution is 5.46. The zero-order chi connectivity index (χ0) is 8.85. The number of nitrogens with one attached hydrogen (secondary N) is 1. The lowest BCUT2D eigenvalue weighted by Gasteiger charge is -2.09. The second-order valence-electron chi connectivity index (χ2n) is 2.64. The fourth-order valence-corrected chi connectivity index (χ4v) is 0.691. The van der Waals surface area contributed by atoms with Crippen molar-refractivity contribution >= 4 is 6.41 Å². The van der Waals surface area contributed by atoms with Crippen LogP contribution in [0.25, 0.3) is 0 Å². The maximum Gasteiger partial charge on any atom is 0.207 e. The van der Waals surface area contributed by atoms with E-state index in [1.165, 1.54) is 0 Å². The minimum atomic E-state index is -0.427. The number of hydrogen-bond donors (Lipinski definition) is 2. The highest BCUT2D eigenvalue weighted by Gasteiger charge is 2.01. The minimum absolute atomic E-state index is 0.427. The molecule has 0 bridgehead atoms. The number of rotatable bonds is 4. The van der Waals surface area contributed by atoms with E-state index in [1.807, 2.05) is 13.8 Å². The Bertz CT molecular complexity index is 161. The molecule has 11 heavy (non-hydrogen) atoms. The molecule has 0 aromatic rings. The molecule has 1 atom stereocenters. The lowest BCUT2D eigenvalue weighted by Crippen LogP contribution is -2.16. The number of amides is 1. The predicted molar refractivity (Wildman–Crippen MR) is 44.1 cm³/mol. The van der Waals surface area contributed by atoms with E-state index in [1.54, 1.807) is 6.92 Å². The molecule has 0 aliphatic heterocycles. The third-order valence-electron chi connectivity index (χ3n) is 1.75. The first kappa shape index (κ1) is 10.2. The molecule has 0 aliphatic carbocycles. The summed E-state index contributed by atoms with van der Waals surface area (Å²) in [4.78, 5) is 9.91. The van der Waals surface area contributed by atoms with E-state index in [0.29, 0.717) is 13.0 Å². The van der Waals surface area contributed by atoms with E-state index >= 15 is 0 Å². The zero-order valence-electron chi connectivity index (χ0n) is 7.22. The first-order valence-electron chi connectivity index (χ1n) is 3.61. The zero-order valence-corrected chi connectivity index (χ0v) is 7.22. The maximum atomic E-state index is 9.91. The number of hydrogen-bond acceptors (Lipinski definition) is 2. The van der Waals surface area contributed by atoms with E-state index in [0.717, 1.165) is 11.1 Å². The summed E-state index contributed by atoms with van der Waals surface area (Å²) in [6, 6.07) is 0. The van der Waals surface area contributed by atoms with Crippen LogP contribution >= 0.6 is 0 Å². The summed E-state index contributed by atoms with van der Waals surface area (Å²) < 4.78 is 0. The van der Waals surface area contributed by atoms with Crippen molar-refractivity contribution in [2.24, 2.45) is 0 Å². The summed E-state index contributed by atoms with van der Waals surface area (Å²) in [6.07, 6.45) is 0.224. The molecular formula is C8H15NO2. The lowest BCUT2D eigenvalue weighted by atomic mass is 10.1. The van der Waals surface area contributed by atoms with Crippen LogP contribution < -0.4 is 5.32 Å². The van der Waals surface area contributed by atoms with E-state index < -0.39 is 6.10 Å². The van der Waals surface area contributed by atoms with Gasteiger partial charge in [-0.25, -0.2) is 0 Å². The standard InChI is InChI=1S/C8H15NO2/c1-6(4-9-5-10)7(2)8(3)11/h5,8,11H,4H2,1-3H3,(H,9,10)/b7-6+. The van der Waals surface area contributed by atoms with E-state index in [2.05, 4.69) is 5.32 Å². The van der Waals surface area contributed by atoms with Crippen LogP contribution in [0.15, 0.2) is 11.1 Å². The Morgan fingerprint density at radius 2 is 2.18 bits per heavy atom. The average molecular weight is 157 g/mol. The molecule has 0 fully saturated rings. The summed E-state index contributed by atoms with van der Waals surface area (Å²) in [7, 11) is 0. The van der Waals surface area contributed by atoms with Gasteiger partial charge in [0.1, 0.15) is 0 Å². The summed E-state index contributed by atoms with van der Waals surface area (Å²) in [5, 5.41) is 11.7. The van der Waals surface area contributed by atoms with Gasteiger partial charge in [-0.1, -0.05) is 5.57 Å². The quantitative estimate of drug-likeness (QED) is 0.460. The number of carbonyl (C=O) groups excluding carboxylic acids is 1.